The van der Waals surface area contributed by atoms with E-state index in [1.165, 1.54) is 44.6 Å². The topological polar surface area (TPSA) is 105 Å². The SMILES string of the molecule is CCCCN(C)S(=O)(=O)c1ccc(C(=O)Nc2sc3c(c2C(=O)n2nc(C)cc2C)CCN(CC)C3)cc1. The van der Waals surface area contributed by atoms with E-state index < -0.39 is 15.9 Å². The molecule has 0 fully saturated rings. The summed E-state index contributed by atoms with van der Waals surface area (Å²) in [5, 5.41) is 7.81. The summed E-state index contributed by atoms with van der Waals surface area (Å²) < 4.78 is 28.4. The van der Waals surface area contributed by atoms with E-state index >= 15 is 0 Å². The van der Waals surface area contributed by atoms with Crippen molar-refractivity contribution < 1.29 is 18.0 Å². The molecule has 38 heavy (non-hydrogen) atoms. The molecule has 0 radical (unpaired) electrons. The Kier molecular flexibility index (Phi) is 8.51. The second-order valence-electron chi connectivity index (χ2n) is 9.63. The third-order valence-corrected chi connectivity index (χ3v) is 9.88. The van der Waals surface area contributed by atoms with Gasteiger partial charge in [0.1, 0.15) is 5.00 Å². The van der Waals surface area contributed by atoms with E-state index in [2.05, 4.69) is 22.2 Å². The average molecular weight is 558 g/mol. The number of nitrogens with zero attached hydrogens (tertiary/aromatic N) is 4. The van der Waals surface area contributed by atoms with Crippen LogP contribution >= 0.6 is 11.3 Å². The van der Waals surface area contributed by atoms with Crippen LogP contribution < -0.4 is 5.32 Å². The van der Waals surface area contributed by atoms with Gasteiger partial charge in [0.2, 0.25) is 10.0 Å². The zero-order chi connectivity index (χ0) is 27.6. The summed E-state index contributed by atoms with van der Waals surface area (Å²) in [5.41, 5.74) is 3.24. The molecule has 1 aromatic carbocycles. The van der Waals surface area contributed by atoms with Crippen LogP contribution in [0.4, 0.5) is 5.00 Å². The molecule has 0 saturated carbocycles. The van der Waals surface area contributed by atoms with Gasteiger partial charge in [-0.3, -0.25) is 14.5 Å². The predicted molar refractivity (Wildman–Crippen MR) is 150 cm³/mol. The molecule has 0 spiro atoms. The van der Waals surface area contributed by atoms with Gasteiger partial charge in [0.25, 0.3) is 11.8 Å². The Morgan fingerprint density at radius 1 is 1.16 bits per heavy atom. The van der Waals surface area contributed by atoms with E-state index in [9.17, 15) is 18.0 Å². The Morgan fingerprint density at radius 2 is 1.87 bits per heavy atom. The van der Waals surface area contributed by atoms with E-state index in [4.69, 9.17) is 0 Å². The van der Waals surface area contributed by atoms with Crippen molar-refractivity contribution in [2.75, 3.05) is 32.0 Å². The highest BCUT2D eigenvalue weighted by atomic mass is 32.2. The fraction of sp³-hybridized carbons (Fsp3) is 0.444. The fourth-order valence-corrected chi connectivity index (χ4v) is 7.10. The highest BCUT2D eigenvalue weighted by Crippen LogP contribution is 2.38. The van der Waals surface area contributed by atoms with Crippen LogP contribution in [-0.4, -0.2) is 65.9 Å². The van der Waals surface area contributed by atoms with Crippen LogP contribution in [0, 0.1) is 13.8 Å². The summed E-state index contributed by atoms with van der Waals surface area (Å²) in [5.74, 6) is -0.661. The minimum Gasteiger partial charge on any atom is -0.313 e. The van der Waals surface area contributed by atoms with E-state index in [0.717, 1.165) is 54.3 Å². The van der Waals surface area contributed by atoms with E-state index in [1.54, 1.807) is 7.05 Å². The lowest BCUT2D eigenvalue weighted by Crippen LogP contribution is -2.30. The lowest BCUT2D eigenvalue weighted by Gasteiger charge is -2.25. The van der Waals surface area contributed by atoms with Crippen molar-refractivity contribution in [2.24, 2.45) is 0 Å². The summed E-state index contributed by atoms with van der Waals surface area (Å²) in [4.78, 5) is 30.4. The number of aryl methyl sites for hydroxylation is 2. The number of likely N-dealkylation sites (N-methyl/N-ethyl adjacent to an activating group) is 1. The van der Waals surface area contributed by atoms with Crippen LogP contribution in [0.25, 0.3) is 0 Å². The quantitative estimate of drug-likeness (QED) is 0.421. The van der Waals surface area contributed by atoms with E-state index in [0.29, 0.717) is 29.1 Å². The summed E-state index contributed by atoms with van der Waals surface area (Å²) in [6.45, 7) is 10.7. The predicted octanol–water partition coefficient (Wildman–Crippen LogP) is 4.30. The molecule has 0 aliphatic carbocycles. The number of aromatic nitrogens is 2. The molecule has 0 saturated heterocycles. The van der Waals surface area contributed by atoms with Crippen molar-refractivity contribution in [2.45, 2.75) is 58.4 Å². The number of unbranched alkanes of at least 4 members (excludes halogenated alkanes) is 1. The van der Waals surface area contributed by atoms with Gasteiger partial charge in [-0.25, -0.2) is 17.4 Å². The van der Waals surface area contributed by atoms with Crippen molar-refractivity contribution in [3.8, 4) is 0 Å². The number of carbonyl (C=O) groups is 2. The maximum absolute atomic E-state index is 13.7. The molecule has 3 aromatic rings. The van der Waals surface area contributed by atoms with Crippen molar-refractivity contribution in [1.82, 2.24) is 19.0 Å². The third-order valence-electron chi connectivity index (χ3n) is 6.88. The summed E-state index contributed by atoms with van der Waals surface area (Å²) in [6.07, 6.45) is 2.38. The molecule has 1 aliphatic rings. The second-order valence-corrected chi connectivity index (χ2v) is 12.8. The van der Waals surface area contributed by atoms with E-state index in [-0.39, 0.29) is 10.8 Å². The molecule has 0 atom stereocenters. The first-order valence-electron chi connectivity index (χ1n) is 12.9. The highest BCUT2D eigenvalue weighted by Gasteiger charge is 2.30. The Hall–Kier alpha value is -2.86. The standard InChI is InChI=1S/C27H35N5O4S2/c1-6-8-14-30(5)38(35,36)21-11-9-20(10-12-21)25(33)28-26-24(27(34)32-19(4)16-18(3)29-32)22-13-15-31(7-2)17-23(22)37-26/h9-12,16H,6-8,13-15,17H2,1-5H3,(H,28,33). The summed E-state index contributed by atoms with van der Waals surface area (Å²) in [6, 6.07) is 7.76. The second kappa shape index (κ2) is 11.5. The van der Waals surface area contributed by atoms with Crippen molar-refractivity contribution in [3.63, 3.8) is 0 Å². The van der Waals surface area contributed by atoms with Gasteiger partial charge < -0.3 is 5.32 Å². The lowest BCUT2D eigenvalue weighted by molar-refractivity contribution is 0.0942. The summed E-state index contributed by atoms with van der Waals surface area (Å²) >= 11 is 1.42. The van der Waals surface area contributed by atoms with Gasteiger partial charge in [-0.1, -0.05) is 20.3 Å². The Balaban J connectivity index is 1.63. The molecular weight excluding hydrogens is 522 g/mol. The summed E-state index contributed by atoms with van der Waals surface area (Å²) in [7, 11) is -2.07. The van der Waals surface area contributed by atoms with Crippen molar-refractivity contribution in [1.29, 1.82) is 0 Å². The van der Waals surface area contributed by atoms with Crippen LogP contribution in [-0.2, 0) is 23.0 Å². The maximum atomic E-state index is 13.7. The van der Waals surface area contributed by atoms with E-state index in [1.807, 2.05) is 26.8 Å². The number of thiophene rings is 1. The maximum Gasteiger partial charge on any atom is 0.281 e. The Bertz CT molecular complexity index is 1440. The molecule has 4 rings (SSSR count). The molecule has 9 nitrogen and oxygen atoms in total. The molecule has 3 heterocycles. The first-order chi connectivity index (χ1) is 18.1. The number of anilines is 1. The molecule has 1 N–H and O–H groups in total. The number of hydrogen-bond donors (Lipinski definition) is 1. The molecule has 1 aliphatic heterocycles. The number of carbonyl (C=O) groups excluding carboxylic acids is 2. The zero-order valence-electron chi connectivity index (χ0n) is 22.6. The number of rotatable bonds is 9. The third kappa shape index (κ3) is 5.61. The molecule has 204 valence electrons. The first-order valence-corrected chi connectivity index (χ1v) is 15.1. The fourth-order valence-electron chi connectivity index (χ4n) is 4.62. The van der Waals surface area contributed by atoms with Gasteiger partial charge in [0, 0.05) is 42.8 Å². The number of sulfonamides is 1. The molecule has 11 heteroatoms. The minimum absolute atomic E-state index is 0.138. The Labute approximate surface area is 228 Å². The minimum atomic E-state index is -3.63. The lowest BCUT2D eigenvalue weighted by atomic mass is 10.0. The highest BCUT2D eigenvalue weighted by molar-refractivity contribution is 7.89. The van der Waals surface area contributed by atoms with Gasteiger partial charge >= 0.3 is 0 Å². The molecule has 0 unspecified atom stereocenters. The normalized spacial score (nSPS) is 14.1. The van der Waals surface area contributed by atoms with Gasteiger partial charge in [0.15, 0.2) is 0 Å². The zero-order valence-corrected chi connectivity index (χ0v) is 24.2. The first kappa shape index (κ1) is 28.2. The van der Waals surface area contributed by atoms with Crippen LogP contribution in [0.5, 0.6) is 0 Å². The number of fused-ring (bicyclic) bond motifs is 1. The van der Waals surface area contributed by atoms with Gasteiger partial charge in [-0.2, -0.15) is 5.10 Å². The van der Waals surface area contributed by atoms with Gasteiger partial charge in [0.05, 0.1) is 16.2 Å². The number of hydrogen-bond acceptors (Lipinski definition) is 7. The molecule has 1 amide bonds. The number of amides is 1. The largest absolute Gasteiger partial charge is 0.313 e. The Morgan fingerprint density at radius 3 is 2.47 bits per heavy atom. The van der Waals surface area contributed by atoms with Crippen LogP contribution in [0.15, 0.2) is 35.2 Å². The van der Waals surface area contributed by atoms with Crippen molar-refractivity contribution >= 4 is 38.2 Å². The van der Waals surface area contributed by atoms with Gasteiger partial charge in [-0.15, -0.1) is 11.3 Å². The van der Waals surface area contributed by atoms with Gasteiger partial charge in [-0.05, 0) is 69.1 Å². The monoisotopic (exact) mass is 557 g/mol. The molecule has 0 bridgehead atoms. The smallest absolute Gasteiger partial charge is 0.281 e. The van der Waals surface area contributed by atoms with Crippen LogP contribution in [0.1, 0.15) is 69.2 Å². The average Bonchev–Trinajstić information content (AvgIpc) is 3.44. The van der Waals surface area contributed by atoms with Crippen LogP contribution in [0.2, 0.25) is 0 Å². The molecule has 2 aromatic heterocycles. The van der Waals surface area contributed by atoms with Crippen LogP contribution in [0.3, 0.4) is 0 Å². The number of benzene rings is 1. The molecular formula is C27H35N5O4S2. The van der Waals surface area contributed by atoms with Crippen molar-refractivity contribution in [3.05, 3.63) is 63.3 Å². The number of nitrogens with one attached hydrogen (secondary N) is 1.